The van der Waals surface area contributed by atoms with Gasteiger partial charge in [0.2, 0.25) is 0 Å². The number of imide groups is 1. The highest BCUT2D eigenvalue weighted by molar-refractivity contribution is 6.19. The molecule has 2 aliphatic rings. The summed E-state index contributed by atoms with van der Waals surface area (Å²) in [5.41, 5.74) is 2.12. The number of aryl methyl sites for hydroxylation is 1. The Bertz CT molecular complexity index is 891. The van der Waals surface area contributed by atoms with Gasteiger partial charge in [0.15, 0.2) is 0 Å². The number of hydrogen-bond donors (Lipinski definition) is 0. The number of rotatable bonds is 2. The van der Waals surface area contributed by atoms with Crippen molar-refractivity contribution < 1.29 is 14.3 Å². The van der Waals surface area contributed by atoms with E-state index in [-0.39, 0.29) is 5.91 Å². The summed E-state index contributed by atoms with van der Waals surface area (Å²) in [6.45, 7) is 2.30. The maximum Gasteiger partial charge on any atom is 0.421 e. The van der Waals surface area contributed by atoms with E-state index in [0.717, 1.165) is 37.9 Å². The summed E-state index contributed by atoms with van der Waals surface area (Å²) >= 11 is 0. The van der Waals surface area contributed by atoms with Crippen LogP contribution < -0.4 is 4.90 Å². The van der Waals surface area contributed by atoms with Crippen LogP contribution in [0.15, 0.2) is 54.6 Å². The SMILES string of the molecule is O=C1OCCCN(C2CCCCCC2)CCCc2ccccc2N1C(=O)c1ccccc1. The predicted octanol–water partition coefficient (Wildman–Crippen LogP) is 5.83. The van der Waals surface area contributed by atoms with Gasteiger partial charge in [0.05, 0.1) is 12.3 Å². The molecule has 5 nitrogen and oxygen atoms in total. The summed E-state index contributed by atoms with van der Waals surface area (Å²) < 4.78 is 5.63. The number of hydrogen-bond acceptors (Lipinski definition) is 4. The Balaban J connectivity index is 1.57. The van der Waals surface area contributed by atoms with E-state index in [2.05, 4.69) is 4.90 Å². The van der Waals surface area contributed by atoms with Gasteiger partial charge in [-0.15, -0.1) is 0 Å². The predicted molar refractivity (Wildman–Crippen MR) is 127 cm³/mol. The van der Waals surface area contributed by atoms with Crippen LogP contribution in [0.3, 0.4) is 0 Å². The lowest BCUT2D eigenvalue weighted by molar-refractivity contribution is 0.0954. The van der Waals surface area contributed by atoms with E-state index >= 15 is 0 Å². The molecule has 1 heterocycles. The van der Waals surface area contributed by atoms with Crippen molar-refractivity contribution in [1.29, 1.82) is 0 Å². The van der Waals surface area contributed by atoms with E-state index in [1.165, 1.54) is 43.4 Å². The second-order valence-electron chi connectivity index (χ2n) is 8.89. The molecule has 0 radical (unpaired) electrons. The van der Waals surface area contributed by atoms with E-state index in [1.54, 1.807) is 12.1 Å². The molecule has 0 aromatic heterocycles. The smallest absolute Gasteiger partial charge is 0.421 e. The first-order valence-electron chi connectivity index (χ1n) is 12.1. The van der Waals surface area contributed by atoms with E-state index in [1.807, 2.05) is 42.5 Å². The third-order valence-corrected chi connectivity index (χ3v) is 6.69. The van der Waals surface area contributed by atoms with Crippen molar-refractivity contribution >= 4 is 17.7 Å². The van der Waals surface area contributed by atoms with Crippen LogP contribution >= 0.6 is 0 Å². The molecule has 0 N–H and O–H groups in total. The minimum absolute atomic E-state index is 0.322. The molecular weight excluding hydrogens is 400 g/mol. The molecule has 1 aliphatic heterocycles. The number of fused-ring (bicyclic) bond motifs is 1. The van der Waals surface area contributed by atoms with Crippen molar-refractivity contribution in [3.63, 3.8) is 0 Å². The maximum absolute atomic E-state index is 13.3. The van der Waals surface area contributed by atoms with Gasteiger partial charge >= 0.3 is 6.09 Å². The lowest BCUT2D eigenvalue weighted by Crippen LogP contribution is -2.40. The normalized spacial score (nSPS) is 19.8. The van der Waals surface area contributed by atoms with E-state index in [0.29, 0.717) is 23.9 Å². The van der Waals surface area contributed by atoms with Gasteiger partial charge in [-0.05, 0) is 62.4 Å². The van der Waals surface area contributed by atoms with Crippen molar-refractivity contribution in [2.75, 3.05) is 24.6 Å². The molecule has 170 valence electrons. The standard InChI is InChI=1S/C27H34N2O3/c30-26(23-13-4-3-5-14-23)29-25-18-9-8-12-22(25)15-10-19-28(20-11-21-32-27(29)31)24-16-6-1-2-7-17-24/h3-5,8-9,12-14,18,24H,1-2,6-7,10-11,15-17,19-21H2. The average Bonchev–Trinajstić information content (AvgIpc) is 3.11. The van der Waals surface area contributed by atoms with Crippen LogP contribution in [0.25, 0.3) is 0 Å². The highest BCUT2D eigenvalue weighted by Gasteiger charge is 2.29. The topological polar surface area (TPSA) is 49.9 Å². The van der Waals surface area contributed by atoms with Gasteiger partial charge < -0.3 is 9.64 Å². The van der Waals surface area contributed by atoms with Crippen molar-refractivity contribution in [2.24, 2.45) is 0 Å². The number of ether oxygens (including phenoxy) is 1. The van der Waals surface area contributed by atoms with Gasteiger partial charge in [-0.3, -0.25) is 4.79 Å². The second-order valence-corrected chi connectivity index (χ2v) is 8.89. The Hall–Kier alpha value is -2.66. The molecule has 1 aliphatic carbocycles. The molecule has 0 bridgehead atoms. The molecule has 1 saturated carbocycles. The first-order chi connectivity index (χ1) is 15.7. The molecule has 5 heteroatoms. The molecule has 0 spiro atoms. The Morgan fingerprint density at radius 2 is 1.50 bits per heavy atom. The van der Waals surface area contributed by atoms with Gasteiger partial charge in [0.25, 0.3) is 5.91 Å². The van der Waals surface area contributed by atoms with E-state index in [9.17, 15) is 9.59 Å². The number of benzene rings is 2. The van der Waals surface area contributed by atoms with Gasteiger partial charge in [0.1, 0.15) is 0 Å². The monoisotopic (exact) mass is 434 g/mol. The number of cyclic esters (lactones) is 1. The van der Waals surface area contributed by atoms with E-state index in [4.69, 9.17) is 4.74 Å². The van der Waals surface area contributed by atoms with Gasteiger partial charge in [-0.2, -0.15) is 0 Å². The third-order valence-electron chi connectivity index (χ3n) is 6.69. The highest BCUT2D eigenvalue weighted by Crippen LogP contribution is 2.27. The Morgan fingerprint density at radius 3 is 2.28 bits per heavy atom. The van der Waals surface area contributed by atoms with Crippen LogP contribution in [0.4, 0.5) is 10.5 Å². The van der Waals surface area contributed by atoms with Crippen LogP contribution in [-0.2, 0) is 11.2 Å². The van der Waals surface area contributed by atoms with Crippen LogP contribution in [0, 0.1) is 0 Å². The first-order valence-corrected chi connectivity index (χ1v) is 12.1. The second kappa shape index (κ2) is 11.3. The molecule has 2 amide bonds. The zero-order valence-corrected chi connectivity index (χ0v) is 18.9. The number of carbonyl (C=O) groups excluding carboxylic acids is 2. The number of carbonyl (C=O) groups is 2. The zero-order valence-electron chi connectivity index (χ0n) is 18.9. The summed E-state index contributed by atoms with van der Waals surface area (Å²) in [5, 5.41) is 0. The van der Waals surface area contributed by atoms with E-state index < -0.39 is 6.09 Å². The summed E-state index contributed by atoms with van der Waals surface area (Å²) in [6.07, 6.45) is 9.91. The molecule has 2 aromatic carbocycles. The van der Waals surface area contributed by atoms with Gasteiger partial charge in [-0.1, -0.05) is 62.1 Å². The van der Waals surface area contributed by atoms with Crippen LogP contribution in [0.1, 0.15) is 67.3 Å². The number of para-hydroxylation sites is 1. The van der Waals surface area contributed by atoms with Crippen molar-refractivity contribution in [1.82, 2.24) is 4.90 Å². The van der Waals surface area contributed by atoms with Crippen molar-refractivity contribution in [3.8, 4) is 0 Å². The minimum atomic E-state index is -0.590. The Kier molecular flexibility index (Phi) is 7.94. The molecule has 4 rings (SSSR count). The summed E-state index contributed by atoms with van der Waals surface area (Å²) in [5.74, 6) is -0.347. The molecule has 2 aromatic rings. The molecule has 1 fully saturated rings. The fraction of sp³-hybridized carbons (Fsp3) is 0.481. The number of nitrogens with zero attached hydrogens (tertiary/aromatic N) is 2. The van der Waals surface area contributed by atoms with Crippen LogP contribution in [-0.4, -0.2) is 42.6 Å². The zero-order chi connectivity index (χ0) is 22.2. The first kappa shape index (κ1) is 22.5. The fourth-order valence-corrected chi connectivity index (χ4v) is 5.01. The quantitative estimate of drug-likeness (QED) is 0.558. The highest BCUT2D eigenvalue weighted by atomic mass is 16.6. The fourth-order valence-electron chi connectivity index (χ4n) is 5.01. The van der Waals surface area contributed by atoms with Gasteiger partial charge in [-0.25, -0.2) is 9.69 Å². The van der Waals surface area contributed by atoms with Crippen molar-refractivity contribution in [3.05, 3.63) is 65.7 Å². The molecule has 0 unspecified atom stereocenters. The average molecular weight is 435 g/mol. The summed E-state index contributed by atoms with van der Waals surface area (Å²) in [6, 6.07) is 17.3. The molecule has 0 saturated heterocycles. The van der Waals surface area contributed by atoms with Crippen molar-refractivity contribution in [2.45, 2.75) is 63.8 Å². The maximum atomic E-state index is 13.3. The largest absolute Gasteiger partial charge is 0.449 e. The Labute approximate surface area is 191 Å². The minimum Gasteiger partial charge on any atom is -0.449 e. The van der Waals surface area contributed by atoms with Crippen LogP contribution in [0.5, 0.6) is 0 Å². The lowest BCUT2D eigenvalue weighted by Gasteiger charge is -2.32. The molecule has 32 heavy (non-hydrogen) atoms. The third kappa shape index (κ3) is 5.57. The Morgan fingerprint density at radius 1 is 0.812 bits per heavy atom. The molecule has 0 atom stereocenters. The number of amides is 2. The summed E-state index contributed by atoms with van der Waals surface area (Å²) in [4.78, 5) is 30.2. The number of anilines is 1. The summed E-state index contributed by atoms with van der Waals surface area (Å²) in [7, 11) is 0. The van der Waals surface area contributed by atoms with Gasteiger partial charge in [0, 0.05) is 18.2 Å². The molecular formula is C27H34N2O3. The lowest BCUT2D eigenvalue weighted by atomic mass is 10.0. The van der Waals surface area contributed by atoms with Crippen LogP contribution in [0.2, 0.25) is 0 Å².